The van der Waals surface area contributed by atoms with E-state index < -0.39 is 0 Å². The van der Waals surface area contributed by atoms with Crippen molar-refractivity contribution < 1.29 is 23.3 Å². The van der Waals surface area contributed by atoms with Crippen LogP contribution in [0.1, 0.15) is 24.6 Å². The third kappa shape index (κ3) is 5.74. The van der Waals surface area contributed by atoms with Crippen molar-refractivity contribution in [3.63, 3.8) is 0 Å². The molecule has 11 nitrogen and oxygen atoms in total. The molecule has 0 radical (unpaired) electrons. The molecule has 176 valence electrons. The molecule has 0 spiro atoms. The third-order valence-corrected chi connectivity index (χ3v) is 4.97. The smallest absolute Gasteiger partial charge is 0.258 e. The Hall–Kier alpha value is -4.28. The summed E-state index contributed by atoms with van der Waals surface area (Å²) >= 11 is 0. The second-order valence-corrected chi connectivity index (χ2v) is 7.29. The molecule has 0 fully saturated rings. The number of carbonyl (C=O) groups excluding carboxylic acids is 1. The number of benzene rings is 1. The van der Waals surface area contributed by atoms with Gasteiger partial charge >= 0.3 is 0 Å². The first kappa shape index (κ1) is 22.9. The lowest BCUT2D eigenvalue weighted by atomic mass is 10.2. The predicted octanol–water partition coefficient (Wildman–Crippen LogP) is 2.88. The van der Waals surface area contributed by atoms with E-state index in [1.807, 2.05) is 6.07 Å². The summed E-state index contributed by atoms with van der Waals surface area (Å²) in [5.74, 6) is 3.00. The van der Waals surface area contributed by atoms with Crippen LogP contribution >= 0.6 is 0 Å². The number of ether oxygens (including phenoxy) is 2. The second-order valence-electron chi connectivity index (χ2n) is 7.29. The quantitative estimate of drug-likeness (QED) is 0.352. The van der Waals surface area contributed by atoms with Gasteiger partial charge in [-0.1, -0.05) is 10.3 Å². The van der Waals surface area contributed by atoms with Crippen molar-refractivity contribution in [2.24, 2.45) is 0 Å². The summed E-state index contributed by atoms with van der Waals surface area (Å²) < 4.78 is 21.1. The van der Waals surface area contributed by atoms with Crippen LogP contribution in [0, 0.1) is 0 Å². The van der Waals surface area contributed by atoms with Gasteiger partial charge in [0.05, 0.1) is 14.2 Å². The number of nitrogens with one attached hydrogen (secondary N) is 1. The molecule has 0 saturated carbocycles. The standard InChI is InChI=1S/C23H24N6O5/c1-31-17-7-6-16(14-18(17)32-2)22-27-21(33-29-22)5-3-4-20(30)25-13-10-19-26-23(34-28-19)15-8-11-24-12-9-15/h6-9,11-12,14H,3-5,10,13H2,1-2H3,(H,25,30). The zero-order valence-electron chi connectivity index (χ0n) is 18.9. The summed E-state index contributed by atoms with van der Waals surface area (Å²) in [6.45, 7) is 0.415. The van der Waals surface area contributed by atoms with E-state index in [1.54, 1.807) is 50.9 Å². The molecule has 0 unspecified atom stereocenters. The van der Waals surface area contributed by atoms with E-state index >= 15 is 0 Å². The van der Waals surface area contributed by atoms with Crippen molar-refractivity contribution >= 4 is 5.91 Å². The average molecular weight is 464 g/mol. The van der Waals surface area contributed by atoms with E-state index in [-0.39, 0.29) is 5.91 Å². The molecule has 1 N–H and O–H groups in total. The lowest BCUT2D eigenvalue weighted by molar-refractivity contribution is -0.121. The Morgan fingerprint density at radius 1 is 0.941 bits per heavy atom. The Morgan fingerprint density at radius 2 is 1.76 bits per heavy atom. The molecule has 4 rings (SSSR count). The number of nitrogens with zero attached hydrogens (tertiary/aromatic N) is 5. The van der Waals surface area contributed by atoms with E-state index in [1.165, 1.54) is 0 Å². The highest BCUT2D eigenvalue weighted by molar-refractivity contribution is 5.75. The van der Waals surface area contributed by atoms with Crippen LogP contribution in [0.5, 0.6) is 11.5 Å². The Balaban J connectivity index is 1.19. The molecule has 0 aliphatic carbocycles. The molecule has 3 heterocycles. The predicted molar refractivity (Wildman–Crippen MR) is 120 cm³/mol. The molecule has 34 heavy (non-hydrogen) atoms. The minimum atomic E-state index is -0.0718. The summed E-state index contributed by atoms with van der Waals surface area (Å²) in [6, 6.07) is 8.97. The molecule has 0 saturated heterocycles. The Morgan fingerprint density at radius 3 is 2.56 bits per heavy atom. The van der Waals surface area contributed by atoms with Gasteiger partial charge < -0.3 is 23.8 Å². The number of carbonyl (C=O) groups is 1. The van der Waals surface area contributed by atoms with Gasteiger partial charge in [-0.05, 0) is 36.8 Å². The van der Waals surface area contributed by atoms with Crippen LogP contribution in [-0.2, 0) is 17.6 Å². The van der Waals surface area contributed by atoms with E-state index in [0.717, 1.165) is 11.1 Å². The lowest BCUT2D eigenvalue weighted by Gasteiger charge is -2.07. The molecule has 0 aliphatic heterocycles. The molecular weight excluding hydrogens is 440 g/mol. The van der Waals surface area contributed by atoms with Crippen molar-refractivity contribution in [2.45, 2.75) is 25.7 Å². The minimum Gasteiger partial charge on any atom is -0.493 e. The van der Waals surface area contributed by atoms with Gasteiger partial charge in [0.1, 0.15) is 0 Å². The van der Waals surface area contributed by atoms with Gasteiger partial charge in [0, 0.05) is 49.3 Å². The monoisotopic (exact) mass is 464 g/mol. The molecule has 3 aromatic heterocycles. The van der Waals surface area contributed by atoms with Crippen LogP contribution in [-0.4, -0.2) is 51.9 Å². The zero-order valence-corrected chi connectivity index (χ0v) is 18.9. The molecule has 0 bridgehead atoms. The normalized spacial score (nSPS) is 10.8. The maximum atomic E-state index is 12.1. The largest absolute Gasteiger partial charge is 0.493 e. The second kappa shape index (κ2) is 11.0. The number of aryl methyl sites for hydroxylation is 1. The van der Waals surface area contributed by atoms with Crippen LogP contribution in [0.15, 0.2) is 51.8 Å². The first-order valence-corrected chi connectivity index (χ1v) is 10.7. The molecule has 4 aromatic rings. The summed E-state index contributed by atoms with van der Waals surface area (Å²) in [5.41, 5.74) is 1.55. The number of aromatic nitrogens is 5. The van der Waals surface area contributed by atoms with Gasteiger partial charge in [0.2, 0.25) is 17.6 Å². The fourth-order valence-corrected chi connectivity index (χ4v) is 3.22. The van der Waals surface area contributed by atoms with Crippen LogP contribution in [0.25, 0.3) is 22.8 Å². The van der Waals surface area contributed by atoms with Crippen molar-refractivity contribution in [1.82, 2.24) is 30.6 Å². The van der Waals surface area contributed by atoms with Gasteiger partial charge in [-0.25, -0.2) is 0 Å². The number of amides is 1. The topological polar surface area (TPSA) is 138 Å². The third-order valence-electron chi connectivity index (χ3n) is 4.97. The first-order chi connectivity index (χ1) is 16.7. The Bertz CT molecular complexity index is 1220. The molecule has 1 amide bonds. The SMILES string of the molecule is COc1ccc(-c2noc(CCCC(=O)NCCc3noc(-c4ccncc4)n3)n2)cc1OC. The van der Waals surface area contributed by atoms with Crippen molar-refractivity contribution in [1.29, 1.82) is 0 Å². The molecule has 11 heteroatoms. The maximum absolute atomic E-state index is 12.1. The first-order valence-electron chi connectivity index (χ1n) is 10.7. The molecule has 0 aliphatic rings. The van der Waals surface area contributed by atoms with Crippen LogP contribution in [0.2, 0.25) is 0 Å². The average Bonchev–Trinajstić information content (AvgIpc) is 3.54. The Labute approximate surface area is 195 Å². The van der Waals surface area contributed by atoms with Gasteiger partial charge in [0.25, 0.3) is 5.89 Å². The highest BCUT2D eigenvalue weighted by atomic mass is 16.5. The minimum absolute atomic E-state index is 0.0718. The summed E-state index contributed by atoms with van der Waals surface area (Å²) in [7, 11) is 3.14. The Kier molecular flexibility index (Phi) is 7.43. The van der Waals surface area contributed by atoms with Crippen LogP contribution in [0.4, 0.5) is 0 Å². The fraction of sp³-hybridized carbons (Fsp3) is 0.304. The molecule has 1 aromatic carbocycles. The highest BCUT2D eigenvalue weighted by Crippen LogP contribution is 2.31. The summed E-state index contributed by atoms with van der Waals surface area (Å²) in [6.07, 6.45) is 5.19. The highest BCUT2D eigenvalue weighted by Gasteiger charge is 2.13. The lowest BCUT2D eigenvalue weighted by Crippen LogP contribution is -2.25. The number of hydrogen-bond donors (Lipinski definition) is 1. The van der Waals surface area contributed by atoms with Gasteiger partial charge in [-0.15, -0.1) is 0 Å². The van der Waals surface area contributed by atoms with Gasteiger partial charge in [-0.3, -0.25) is 9.78 Å². The fourth-order valence-electron chi connectivity index (χ4n) is 3.22. The van der Waals surface area contributed by atoms with E-state index in [9.17, 15) is 4.79 Å². The number of rotatable bonds is 11. The number of pyridine rings is 1. The summed E-state index contributed by atoms with van der Waals surface area (Å²) in [4.78, 5) is 24.8. The maximum Gasteiger partial charge on any atom is 0.258 e. The van der Waals surface area contributed by atoms with E-state index in [2.05, 4.69) is 30.6 Å². The summed E-state index contributed by atoms with van der Waals surface area (Å²) in [5, 5.41) is 10.8. The van der Waals surface area contributed by atoms with E-state index in [4.69, 9.17) is 18.5 Å². The zero-order chi connectivity index (χ0) is 23.8. The molecular formula is C23H24N6O5. The van der Waals surface area contributed by atoms with E-state index in [0.29, 0.717) is 67.2 Å². The number of methoxy groups -OCH3 is 2. The number of hydrogen-bond acceptors (Lipinski definition) is 10. The van der Waals surface area contributed by atoms with Gasteiger partial charge in [-0.2, -0.15) is 9.97 Å². The molecule has 0 atom stereocenters. The van der Waals surface area contributed by atoms with Crippen LogP contribution in [0.3, 0.4) is 0 Å². The van der Waals surface area contributed by atoms with Crippen molar-refractivity contribution in [3.8, 4) is 34.3 Å². The van der Waals surface area contributed by atoms with Crippen LogP contribution < -0.4 is 14.8 Å². The van der Waals surface area contributed by atoms with Gasteiger partial charge in [0.15, 0.2) is 17.3 Å². The van der Waals surface area contributed by atoms with Crippen molar-refractivity contribution in [3.05, 3.63) is 54.4 Å². The van der Waals surface area contributed by atoms with Crippen molar-refractivity contribution in [2.75, 3.05) is 20.8 Å².